The van der Waals surface area contributed by atoms with Crippen molar-refractivity contribution in [1.29, 1.82) is 0 Å². The number of anilines is 1. The summed E-state index contributed by atoms with van der Waals surface area (Å²) in [5, 5.41) is 2.99. The first-order valence-electron chi connectivity index (χ1n) is 8.24. The van der Waals surface area contributed by atoms with Crippen LogP contribution in [0.5, 0.6) is 0 Å². The van der Waals surface area contributed by atoms with E-state index in [1.807, 2.05) is 30.3 Å². The normalized spacial score (nSPS) is 17.5. The van der Waals surface area contributed by atoms with Crippen LogP contribution in [0.1, 0.15) is 37.5 Å². The standard InChI is InChI=1S/C19H22N2O3/c1-13(2)16-7-3-4-8-17(16)20-19(23)14-10-18(22)21(11-14)12-15-6-5-9-24-15/h3-9,13-14H,10-12H2,1-2H3,(H,20,23). The van der Waals surface area contributed by atoms with Crippen LogP contribution in [0.15, 0.2) is 47.1 Å². The van der Waals surface area contributed by atoms with E-state index in [1.165, 1.54) is 0 Å². The van der Waals surface area contributed by atoms with Gasteiger partial charge in [0.2, 0.25) is 11.8 Å². The fourth-order valence-electron chi connectivity index (χ4n) is 3.04. The van der Waals surface area contributed by atoms with Gasteiger partial charge >= 0.3 is 0 Å². The minimum absolute atomic E-state index is 0.0105. The van der Waals surface area contributed by atoms with E-state index in [9.17, 15) is 9.59 Å². The first kappa shape index (κ1) is 16.3. The summed E-state index contributed by atoms with van der Waals surface area (Å²) in [5.41, 5.74) is 1.93. The van der Waals surface area contributed by atoms with E-state index in [1.54, 1.807) is 17.2 Å². The molecule has 1 aromatic carbocycles. The predicted octanol–water partition coefficient (Wildman–Crippen LogP) is 3.39. The SMILES string of the molecule is CC(C)c1ccccc1NC(=O)C1CC(=O)N(Cc2ccco2)C1. The largest absolute Gasteiger partial charge is 0.467 e. The Kier molecular flexibility index (Phi) is 4.69. The van der Waals surface area contributed by atoms with Crippen LogP contribution in [0, 0.1) is 5.92 Å². The molecule has 0 radical (unpaired) electrons. The van der Waals surface area contributed by atoms with Crippen molar-refractivity contribution in [2.75, 3.05) is 11.9 Å². The molecule has 0 saturated carbocycles. The molecular formula is C19H22N2O3. The number of rotatable bonds is 5. The Morgan fingerprint density at radius 2 is 2.08 bits per heavy atom. The summed E-state index contributed by atoms with van der Waals surface area (Å²) in [7, 11) is 0. The van der Waals surface area contributed by atoms with Gasteiger partial charge in [-0.3, -0.25) is 9.59 Å². The Balaban J connectivity index is 1.65. The molecule has 1 saturated heterocycles. The molecule has 0 spiro atoms. The van der Waals surface area contributed by atoms with Crippen molar-refractivity contribution in [1.82, 2.24) is 4.90 Å². The smallest absolute Gasteiger partial charge is 0.229 e. The third-order valence-corrected chi connectivity index (χ3v) is 4.35. The van der Waals surface area contributed by atoms with Crippen molar-refractivity contribution in [3.05, 3.63) is 54.0 Å². The monoisotopic (exact) mass is 326 g/mol. The van der Waals surface area contributed by atoms with E-state index in [-0.39, 0.29) is 24.2 Å². The summed E-state index contributed by atoms with van der Waals surface area (Å²) < 4.78 is 5.28. The van der Waals surface area contributed by atoms with E-state index in [2.05, 4.69) is 19.2 Å². The fraction of sp³-hybridized carbons (Fsp3) is 0.368. The molecule has 1 unspecified atom stereocenters. The molecule has 1 aromatic heterocycles. The minimum atomic E-state index is -0.326. The highest BCUT2D eigenvalue weighted by Crippen LogP contribution is 2.26. The quantitative estimate of drug-likeness (QED) is 0.916. The molecule has 1 fully saturated rings. The second kappa shape index (κ2) is 6.91. The second-order valence-electron chi connectivity index (χ2n) is 6.49. The van der Waals surface area contributed by atoms with E-state index < -0.39 is 0 Å². The van der Waals surface area contributed by atoms with E-state index >= 15 is 0 Å². The summed E-state index contributed by atoms with van der Waals surface area (Å²) in [6.45, 7) is 5.03. The zero-order valence-electron chi connectivity index (χ0n) is 14.0. The van der Waals surface area contributed by atoms with Crippen LogP contribution < -0.4 is 5.32 Å². The highest BCUT2D eigenvalue weighted by Gasteiger charge is 2.34. The maximum atomic E-state index is 12.6. The number of amides is 2. The summed E-state index contributed by atoms with van der Waals surface area (Å²) in [6, 6.07) is 11.4. The number of nitrogens with zero attached hydrogens (tertiary/aromatic N) is 1. The van der Waals surface area contributed by atoms with Gasteiger partial charge in [0.05, 0.1) is 18.7 Å². The zero-order chi connectivity index (χ0) is 17.1. The minimum Gasteiger partial charge on any atom is -0.467 e. The van der Waals surface area contributed by atoms with Crippen LogP contribution in [-0.2, 0) is 16.1 Å². The molecule has 0 bridgehead atoms. The average molecular weight is 326 g/mol. The maximum absolute atomic E-state index is 12.6. The fourth-order valence-corrected chi connectivity index (χ4v) is 3.04. The number of nitrogens with one attached hydrogen (secondary N) is 1. The molecule has 3 rings (SSSR count). The third kappa shape index (κ3) is 3.50. The summed E-state index contributed by atoms with van der Waals surface area (Å²) in [5.74, 6) is 0.617. The number of carbonyl (C=O) groups is 2. The van der Waals surface area contributed by atoms with Gasteiger partial charge in [0, 0.05) is 18.7 Å². The van der Waals surface area contributed by atoms with Crippen molar-refractivity contribution in [3.8, 4) is 0 Å². The average Bonchev–Trinajstić information content (AvgIpc) is 3.18. The zero-order valence-corrected chi connectivity index (χ0v) is 14.0. The molecule has 1 N–H and O–H groups in total. The van der Waals surface area contributed by atoms with Gasteiger partial charge in [0.1, 0.15) is 5.76 Å². The molecule has 126 valence electrons. The molecule has 2 aromatic rings. The Hall–Kier alpha value is -2.56. The van der Waals surface area contributed by atoms with Crippen LogP contribution in [0.4, 0.5) is 5.69 Å². The van der Waals surface area contributed by atoms with Gasteiger partial charge in [-0.15, -0.1) is 0 Å². The first-order valence-corrected chi connectivity index (χ1v) is 8.24. The van der Waals surface area contributed by atoms with Crippen molar-refractivity contribution < 1.29 is 14.0 Å². The number of hydrogen-bond donors (Lipinski definition) is 1. The molecule has 1 aliphatic rings. The molecule has 5 nitrogen and oxygen atoms in total. The van der Waals surface area contributed by atoms with Crippen LogP contribution in [0.25, 0.3) is 0 Å². The topological polar surface area (TPSA) is 62.6 Å². The number of hydrogen-bond acceptors (Lipinski definition) is 3. The van der Waals surface area contributed by atoms with Crippen LogP contribution >= 0.6 is 0 Å². The third-order valence-electron chi connectivity index (χ3n) is 4.35. The number of likely N-dealkylation sites (tertiary alicyclic amines) is 1. The highest BCUT2D eigenvalue weighted by molar-refractivity contribution is 5.97. The summed E-state index contributed by atoms with van der Waals surface area (Å²) >= 11 is 0. The molecular weight excluding hydrogens is 304 g/mol. The molecule has 1 aliphatic heterocycles. The Morgan fingerprint density at radius 1 is 1.29 bits per heavy atom. The van der Waals surface area contributed by atoms with Gasteiger partial charge in [-0.25, -0.2) is 0 Å². The van der Waals surface area contributed by atoms with Gasteiger partial charge < -0.3 is 14.6 Å². The summed E-state index contributed by atoms with van der Waals surface area (Å²) in [6.07, 6.45) is 1.83. The number of benzene rings is 1. The molecule has 2 heterocycles. The van der Waals surface area contributed by atoms with Crippen LogP contribution in [-0.4, -0.2) is 23.3 Å². The van der Waals surface area contributed by atoms with Crippen molar-refractivity contribution in [2.45, 2.75) is 32.7 Å². The maximum Gasteiger partial charge on any atom is 0.229 e. The Labute approximate surface area is 141 Å². The van der Waals surface area contributed by atoms with Gasteiger partial charge in [0.15, 0.2) is 0 Å². The summed E-state index contributed by atoms with van der Waals surface area (Å²) in [4.78, 5) is 26.4. The van der Waals surface area contributed by atoms with Gasteiger partial charge in [0.25, 0.3) is 0 Å². The van der Waals surface area contributed by atoms with E-state index in [0.29, 0.717) is 19.0 Å². The predicted molar refractivity (Wildman–Crippen MR) is 91.4 cm³/mol. The Morgan fingerprint density at radius 3 is 2.79 bits per heavy atom. The van der Waals surface area contributed by atoms with Gasteiger partial charge in [-0.05, 0) is 29.7 Å². The second-order valence-corrected chi connectivity index (χ2v) is 6.49. The van der Waals surface area contributed by atoms with Crippen LogP contribution in [0.2, 0.25) is 0 Å². The lowest BCUT2D eigenvalue weighted by atomic mass is 10.0. The van der Waals surface area contributed by atoms with Crippen molar-refractivity contribution in [3.63, 3.8) is 0 Å². The Bertz CT molecular complexity index is 722. The number of para-hydroxylation sites is 1. The van der Waals surface area contributed by atoms with E-state index in [0.717, 1.165) is 17.0 Å². The highest BCUT2D eigenvalue weighted by atomic mass is 16.3. The number of furan rings is 1. The molecule has 0 aliphatic carbocycles. The molecule has 24 heavy (non-hydrogen) atoms. The molecule has 1 atom stereocenters. The van der Waals surface area contributed by atoms with Crippen molar-refractivity contribution >= 4 is 17.5 Å². The lowest BCUT2D eigenvalue weighted by Gasteiger charge is -2.17. The first-order chi connectivity index (χ1) is 11.5. The van der Waals surface area contributed by atoms with E-state index in [4.69, 9.17) is 4.42 Å². The van der Waals surface area contributed by atoms with Gasteiger partial charge in [-0.1, -0.05) is 32.0 Å². The lowest BCUT2D eigenvalue weighted by molar-refractivity contribution is -0.128. The number of carbonyl (C=O) groups excluding carboxylic acids is 2. The lowest BCUT2D eigenvalue weighted by Crippen LogP contribution is -2.28. The molecule has 5 heteroatoms. The van der Waals surface area contributed by atoms with Crippen LogP contribution in [0.3, 0.4) is 0 Å². The van der Waals surface area contributed by atoms with Gasteiger partial charge in [-0.2, -0.15) is 0 Å². The van der Waals surface area contributed by atoms with Crippen molar-refractivity contribution in [2.24, 2.45) is 5.92 Å². The molecule has 2 amide bonds.